The average molecular weight is 265 g/mol. The van der Waals surface area contributed by atoms with Crippen molar-refractivity contribution in [2.75, 3.05) is 7.11 Å². The molecule has 2 N–H and O–H groups in total. The van der Waals surface area contributed by atoms with Crippen LogP contribution in [0.15, 0.2) is 18.2 Å². The summed E-state index contributed by atoms with van der Waals surface area (Å²) >= 11 is 11.6. The molecule has 1 aromatic carbocycles. The van der Waals surface area contributed by atoms with Crippen LogP contribution in [0.3, 0.4) is 0 Å². The van der Waals surface area contributed by atoms with Gasteiger partial charge in [-0.25, -0.2) is 4.79 Å². The number of ether oxygens (including phenoxy) is 1. The van der Waals surface area contributed by atoms with Crippen molar-refractivity contribution < 1.29 is 19.7 Å². The predicted octanol–water partition coefficient (Wildman–Crippen LogP) is 1.56. The summed E-state index contributed by atoms with van der Waals surface area (Å²) in [6, 6.07) is 4.58. The van der Waals surface area contributed by atoms with Gasteiger partial charge in [0.05, 0.1) is 7.11 Å². The number of hydrogen-bond donors (Lipinski definition) is 2. The Bertz CT molecular complexity index is 374. The number of hydrogen-bond acceptors (Lipinski definition) is 4. The van der Waals surface area contributed by atoms with E-state index in [2.05, 4.69) is 4.74 Å². The van der Waals surface area contributed by atoms with Crippen LogP contribution in [0.1, 0.15) is 11.7 Å². The Hall–Kier alpha value is -0.810. The highest BCUT2D eigenvalue weighted by Crippen LogP contribution is 2.32. The maximum Gasteiger partial charge on any atom is 0.337 e. The molecule has 0 saturated carbocycles. The summed E-state index contributed by atoms with van der Waals surface area (Å²) in [6.07, 6.45) is -3.24. The van der Waals surface area contributed by atoms with Gasteiger partial charge in [-0.1, -0.05) is 29.3 Å². The van der Waals surface area contributed by atoms with Crippen LogP contribution in [0.4, 0.5) is 0 Å². The van der Waals surface area contributed by atoms with E-state index in [0.717, 1.165) is 7.11 Å². The second-order valence-electron chi connectivity index (χ2n) is 3.05. The van der Waals surface area contributed by atoms with Gasteiger partial charge in [-0.2, -0.15) is 0 Å². The van der Waals surface area contributed by atoms with Gasteiger partial charge in [0.1, 0.15) is 6.10 Å². The van der Waals surface area contributed by atoms with E-state index >= 15 is 0 Å². The molecule has 0 fully saturated rings. The minimum absolute atomic E-state index is 0.101. The van der Waals surface area contributed by atoms with Crippen LogP contribution in [0.2, 0.25) is 10.0 Å². The van der Waals surface area contributed by atoms with Crippen molar-refractivity contribution >= 4 is 29.2 Å². The van der Waals surface area contributed by atoms with E-state index in [0.29, 0.717) is 0 Å². The fraction of sp³-hybridized carbons (Fsp3) is 0.300. The molecule has 1 rings (SSSR count). The molecular weight excluding hydrogens is 255 g/mol. The van der Waals surface area contributed by atoms with E-state index in [1.54, 1.807) is 6.07 Å². The SMILES string of the molecule is COC(=O)[C@H](O)[C@@H](O)c1c(Cl)cccc1Cl. The van der Waals surface area contributed by atoms with E-state index in [1.165, 1.54) is 12.1 Å². The van der Waals surface area contributed by atoms with Crippen molar-refractivity contribution in [3.63, 3.8) is 0 Å². The van der Waals surface area contributed by atoms with Gasteiger partial charge in [0, 0.05) is 15.6 Å². The number of carbonyl (C=O) groups is 1. The molecule has 0 bridgehead atoms. The Labute approximate surface area is 102 Å². The van der Waals surface area contributed by atoms with Crippen LogP contribution in [-0.2, 0) is 9.53 Å². The maximum atomic E-state index is 11.0. The Morgan fingerprint density at radius 3 is 2.25 bits per heavy atom. The molecule has 6 heteroatoms. The monoisotopic (exact) mass is 264 g/mol. The number of carbonyl (C=O) groups excluding carboxylic acids is 1. The molecule has 1 aromatic rings. The Kier molecular flexibility index (Phi) is 4.56. The zero-order valence-electron chi connectivity index (χ0n) is 8.35. The van der Waals surface area contributed by atoms with Gasteiger partial charge < -0.3 is 14.9 Å². The highest BCUT2D eigenvalue weighted by molar-refractivity contribution is 6.36. The summed E-state index contributed by atoms with van der Waals surface area (Å²) in [5, 5.41) is 19.5. The molecule has 0 saturated heterocycles. The van der Waals surface area contributed by atoms with Crippen molar-refractivity contribution in [3.05, 3.63) is 33.8 Å². The fourth-order valence-electron chi connectivity index (χ4n) is 1.20. The minimum atomic E-state index is -1.72. The van der Waals surface area contributed by atoms with Gasteiger partial charge in [-0.05, 0) is 12.1 Å². The topological polar surface area (TPSA) is 66.8 Å². The van der Waals surface area contributed by atoms with E-state index < -0.39 is 18.2 Å². The Balaban J connectivity index is 3.04. The van der Waals surface area contributed by atoms with Crippen molar-refractivity contribution in [1.29, 1.82) is 0 Å². The molecule has 88 valence electrons. The van der Waals surface area contributed by atoms with E-state index in [1.807, 2.05) is 0 Å². The number of aliphatic hydroxyl groups excluding tert-OH is 2. The summed E-state index contributed by atoms with van der Waals surface area (Å²) in [6.45, 7) is 0. The second kappa shape index (κ2) is 5.50. The summed E-state index contributed by atoms with van der Waals surface area (Å²) in [5.74, 6) is -0.955. The molecule has 0 aliphatic carbocycles. The lowest BCUT2D eigenvalue weighted by atomic mass is 10.0. The second-order valence-corrected chi connectivity index (χ2v) is 3.86. The van der Waals surface area contributed by atoms with Crippen LogP contribution in [-0.4, -0.2) is 29.4 Å². The molecule has 0 spiro atoms. The first kappa shape index (κ1) is 13.3. The number of aliphatic hydroxyl groups is 2. The van der Waals surface area contributed by atoms with Crippen LogP contribution >= 0.6 is 23.2 Å². The lowest BCUT2D eigenvalue weighted by Gasteiger charge is -2.18. The molecule has 4 nitrogen and oxygen atoms in total. The molecule has 0 heterocycles. The van der Waals surface area contributed by atoms with Gasteiger partial charge >= 0.3 is 5.97 Å². The van der Waals surface area contributed by atoms with Crippen molar-refractivity contribution in [2.45, 2.75) is 12.2 Å². The highest BCUT2D eigenvalue weighted by Gasteiger charge is 2.29. The molecule has 0 aromatic heterocycles. The van der Waals surface area contributed by atoms with Gasteiger partial charge in [-0.15, -0.1) is 0 Å². The van der Waals surface area contributed by atoms with Crippen molar-refractivity contribution in [1.82, 2.24) is 0 Å². The third kappa shape index (κ3) is 2.65. The number of benzene rings is 1. The van der Waals surface area contributed by atoms with Gasteiger partial charge in [0.25, 0.3) is 0 Å². The van der Waals surface area contributed by atoms with E-state index in [9.17, 15) is 15.0 Å². The van der Waals surface area contributed by atoms with Crippen molar-refractivity contribution in [2.24, 2.45) is 0 Å². The van der Waals surface area contributed by atoms with Gasteiger partial charge in [-0.3, -0.25) is 0 Å². The normalized spacial score (nSPS) is 14.3. The zero-order valence-corrected chi connectivity index (χ0v) is 9.87. The van der Waals surface area contributed by atoms with Crippen LogP contribution in [0, 0.1) is 0 Å². The third-order valence-electron chi connectivity index (χ3n) is 2.04. The molecule has 0 unspecified atom stereocenters. The quantitative estimate of drug-likeness (QED) is 0.814. The van der Waals surface area contributed by atoms with Crippen LogP contribution in [0.25, 0.3) is 0 Å². The van der Waals surface area contributed by atoms with Gasteiger partial charge in [0.2, 0.25) is 0 Å². The number of esters is 1. The lowest BCUT2D eigenvalue weighted by molar-refractivity contribution is -0.156. The average Bonchev–Trinajstić information content (AvgIpc) is 2.26. The molecule has 0 radical (unpaired) electrons. The standard InChI is InChI=1S/C10H10Cl2O4/c1-16-10(15)9(14)8(13)7-5(11)3-2-4-6(7)12/h2-4,8-9,13-14H,1H3/t8-,9+/m0/s1. The predicted molar refractivity (Wildman–Crippen MR) is 59.4 cm³/mol. The molecule has 0 aliphatic rings. The smallest absolute Gasteiger partial charge is 0.337 e. The molecular formula is C10H10Cl2O4. The third-order valence-corrected chi connectivity index (χ3v) is 2.70. The number of halogens is 2. The summed E-state index contributed by atoms with van der Waals surface area (Å²) in [7, 11) is 1.10. The zero-order chi connectivity index (χ0) is 12.3. The van der Waals surface area contributed by atoms with Gasteiger partial charge in [0.15, 0.2) is 6.10 Å². The van der Waals surface area contributed by atoms with Crippen molar-refractivity contribution in [3.8, 4) is 0 Å². The first-order valence-corrected chi connectivity index (χ1v) is 5.12. The van der Waals surface area contributed by atoms with E-state index in [-0.39, 0.29) is 15.6 Å². The highest BCUT2D eigenvalue weighted by atomic mass is 35.5. The summed E-state index contributed by atoms with van der Waals surface area (Å²) in [4.78, 5) is 11.0. The summed E-state index contributed by atoms with van der Waals surface area (Å²) < 4.78 is 4.30. The largest absolute Gasteiger partial charge is 0.467 e. The Morgan fingerprint density at radius 2 is 1.81 bits per heavy atom. The molecule has 16 heavy (non-hydrogen) atoms. The molecule has 2 atom stereocenters. The number of rotatable bonds is 3. The number of methoxy groups -OCH3 is 1. The summed E-state index contributed by atoms with van der Waals surface area (Å²) in [5.41, 5.74) is 0.101. The Morgan fingerprint density at radius 1 is 1.31 bits per heavy atom. The van der Waals surface area contributed by atoms with E-state index in [4.69, 9.17) is 23.2 Å². The first-order valence-electron chi connectivity index (χ1n) is 4.37. The molecule has 0 aliphatic heterocycles. The lowest BCUT2D eigenvalue weighted by Crippen LogP contribution is -2.29. The minimum Gasteiger partial charge on any atom is -0.467 e. The van der Waals surface area contributed by atoms with Crippen LogP contribution in [0.5, 0.6) is 0 Å². The maximum absolute atomic E-state index is 11.0. The first-order chi connectivity index (χ1) is 7.49. The van der Waals surface area contributed by atoms with Crippen LogP contribution < -0.4 is 0 Å². The fourth-order valence-corrected chi connectivity index (χ4v) is 1.82. The molecule has 0 amide bonds.